The summed E-state index contributed by atoms with van der Waals surface area (Å²) in [5.41, 5.74) is 0. The first-order valence-electron chi connectivity index (χ1n) is 10.2. The molecule has 2 heterocycles. The third-order valence-electron chi connectivity index (χ3n) is 5.02. The maximum absolute atomic E-state index is 11.7. The summed E-state index contributed by atoms with van der Waals surface area (Å²) < 4.78 is 21.6. The van der Waals surface area contributed by atoms with Crippen LogP contribution in [-0.4, -0.2) is 50.1 Å². The molecule has 2 saturated heterocycles. The standard InChI is InChI=1S/C20H34O6/c1-3-6-17-18(26-17)11-12-23-19(21)7-4-5-8-20(22)25-14-16-10-9-15(2)24-13-16/h15-18H,3-14H2,1-2H3. The molecule has 0 aliphatic carbocycles. The molecule has 0 aromatic heterocycles. The van der Waals surface area contributed by atoms with Crippen molar-refractivity contribution < 1.29 is 28.5 Å². The van der Waals surface area contributed by atoms with Crippen molar-refractivity contribution in [2.24, 2.45) is 5.92 Å². The van der Waals surface area contributed by atoms with Gasteiger partial charge in [0.05, 0.1) is 38.1 Å². The Labute approximate surface area is 156 Å². The molecule has 0 radical (unpaired) electrons. The fraction of sp³-hybridized carbons (Fsp3) is 0.900. The van der Waals surface area contributed by atoms with E-state index in [4.69, 9.17) is 18.9 Å². The van der Waals surface area contributed by atoms with Gasteiger partial charge in [-0.1, -0.05) is 13.3 Å². The molecule has 0 saturated carbocycles. The summed E-state index contributed by atoms with van der Waals surface area (Å²) >= 11 is 0. The minimum absolute atomic E-state index is 0.190. The molecule has 0 aromatic carbocycles. The van der Waals surface area contributed by atoms with Gasteiger partial charge in [0, 0.05) is 25.2 Å². The quantitative estimate of drug-likeness (QED) is 0.298. The summed E-state index contributed by atoms with van der Waals surface area (Å²) in [6, 6.07) is 0. The zero-order valence-corrected chi connectivity index (χ0v) is 16.2. The SMILES string of the molecule is CCCC1OC1CCOC(=O)CCCCC(=O)OCC1CCC(C)OC1. The second-order valence-electron chi connectivity index (χ2n) is 7.49. The van der Waals surface area contributed by atoms with E-state index in [1.807, 2.05) is 0 Å². The molecular weight excluding hydrogens is 336 g/mol. The molecule has 4 atom stereocenters. The van der Waals surface area contributed by atoms with Crippen molar-refractivity contribution in [3.05, 3.63) is 0 Å². The van der Waals surface area contributed by atoms with Gasteiger partial charge < -0.3 is 18.9 Å². The van der Waals surface area contributed by atoms with Gasteiger partial charge in [0.1, 0.15) is 0 Å². The molecule has 0 amide bonds. The van der Waals surface area contributed by atoms with Crippen LogP contribution in [0.3, 0.4) is 0 Å². The molecule has 0 bridgehead atoms. The minimum atomic E-state index is -0.195. The molecule has 2 fully saturated rings. The average Bonchev–Trinajstić information content (AvgIpc) is 3.36. The van der Waals surface area contributed by atoms with Crippen molar-refractivity contribution in [2.75, 3.05) is 19.8 Å². The van der Waals surface area contributed by atoms with E-state index < -0.39 is 0 Å². The van der Waals surface area contributed by atoms with Crippen molar-refractivity contribution in [2.45, 2.75) is 89.9 Å². The number of epoxide rings is 1. The normalized spacial score (nSPS) is 27.8. The monoisotopic (exact) mass is 370 g/mol. The number of carbonyl (C=O) groups is 2. The molecule has 0 N–H and O–H groups in total. The van der Waals surface area contributed by atoms with Crippen LogP contribution in [0.2, 0.25) is 0 Å². The molecular formula is C20H34O6. The Hall–Kier alpha value is -1.14. The number of hydrogen-bond donors (Lipinski definition) is 0. The Bertz CT molecular complexity index is 430. The first kappa shape index (κ1) is 21.2. The maximum atomic E-state index is 11.7. The molecule has 0 aromatic rings. The van der Waals surface area contributed by atoms with Crippen LogP contribution < -0.4 is 0 Å². The fourth-order valence-electron chi connectivity index (χ4n) is 3.22. The number of hydrogen-bond acceptors (Lipinski definition) is 6. The van der Waals surface area contributed by atoms with Crippen LogP contribution in [-0.2, 0) is 28.5 Å². The Morgan fingerprint density at radius 2 is 1.69 bits per heavy atom. The highest BCUT2D eigenvalue weighted by Gasteiger charge is 2.37. The summed E-state index contributed by atoms with van der Waals surface area (Å²) in [5.74, 6) is -0.0677. The summed E-state index contributed by atoms with van der Waals surface area (Å²) in [5, 5.41) is 0. The molecule has 4 unspecified atom stereocenters. The van der Waals surface area contributed by atoms with E-state index in [0.29, 0.717) is 63.6 Å². The second-order valence-corrected chi connectivity index (χ2v) is 7.49. The highest BCUT2D eigenvalue weighted by molar-refractivity contribution is 5.70. The molecule has 6 heteroatoms. The number of rotatable bonds is 12. The third-order valence-corrected chi connectivity index (χ3v) is 5.02. The lowest BCUT2D eigenvalue weighted by atomic mass is 10.00. The van der Waals surface area contributed by atoms with E-state index in [-0.39, 0.29) is 18.0 Å². The highest BCUT2D eigenvalue weighted by Crippen LogP contribution is 2.29. The topological polar surface area (TPSA) is 74.4 Å². The van der Waals surface area contributed by atoms with Gasteiger partial charge in [-0.3, -0.25) is 9.59 Å². The summed E-state index contributed by atoms with van der Waals surface area (Å²) in [4.78, 5) is 23.4. The van der Waals surface area contributed by atoms with E-state index in [1.54, 1.807) is 0 Å². The summed E-state index contributed by atoms with van der Waals surface area (Å²) in [6.45, 7) is 5.74. The van der Waals surface area contributed by atoms with Crippen molar-refractivity contribution in [1.29, 1.82) is 0 Å². The highest BCUT2D eigenvalue weighted by atomic mass is 16.6. The largest absolute Gasteiger partial charge is 0.466 e. The first-order chi connectivity index (χ1) is 12.6. The zero-order valence-electron chi connectivity index (χ0n) is 16.2. The number of unbranched alkanes of at least 4 members (excludes halogenated alkanes) is 1. The number of carbonyl (C=O) groups excluding carboxylic acids is 2. The van der Waals surface area contributed by atoms with Crippen molar-refractivity contribution in [3.63, 3.8) is 0 Å². The molecule has 26 heavy (non-hydrogen) atoms. The lowest BCUT2D eigenvalue weighted by Crippen LogP contribution is -2.27. The minimum Gasteiger partial charge on any atom is -0.466 e. The van der Waals surface area contributed by atoms with Crippen LogP contribution in [0.15, 0.2) is 0 Å². The van der Waals surface area contributed by atoms with Crippen LogP contribution in [0.5, 0.6) is 0 Å². The van der Waals surface area contributed by atoms with E-state index in [1.165, 1.54) is 0 Å². The van der Waals surface area contributed by atoms with Gasteiger partial charge in [-0.15, -0.1) is 0 Å². The first-order valence-corrected chi connectivity index (χ1v) is 10.2. The number of esters is 2. The van der Waals surface area contributed by atoms with Crippen molar-refractivity contribution in [1.82, 2.24) is 0 Å². The lowest BCUT2D eigenvalue weighted by molar-refractivity contribution is -0.148. The lowest BCUT2D eigenvalue weighted by Gasteiger charge is -2.26. The van der Waals surface area contributed by atoms with E-state index in [9.17, 15) is 9.59 Å². The van der Waals surface area contributed by atoms with Gasteiger partial charge >= 0.3 is 11.9 Å². The molecule has 2 aliphatic rings. The van der Waals surface area contributed by atoms with Crippen molar-refractivity contribution in [3.8, 4) is 0 Å². The summed E-state index contributed by atoms with van der Waals surface area (Å²) in [6.07, 6.45) is 8.02. The van der Waals surface area contributed by atoms with Gasteiger partial charge in [-0.25, -0.2) is 0 Å². The Balaban J connectivity index is 1.39. The van der Waals surface area contributed by atoms with Gasteiger partial charge in [-0.05, 0) is 39.0 Å². The van der Waals surface area contributed by atoms with Gasteiger partial charge in [0.25, 0.3) is 0 Å². The Morgan fingerprint density at radius 1 is 1.00 bits per heavy atom. The van der Waals surface area contributed by atoms with Crippen molar-refractivity contribution >= 4 is 11.9 Å². The van der Waals surface area contributed by atoms with Crippen LogP contribution in [0.25, 0.3) is 0 Å². The van der Waals surface area contributed by atoms with Crippen LogP contribution >= 0.6 is 0 Å². The molecule has 6 nitrogen and oxygen atoms in total. The third kappa shape index (κ3) is 8.49. The van der Waals surface area contributed by atoms with Gasteiger partial charge in [0.15, 0.2) is 0 Å². The Kier molecular flexibility index (Phi) is 9.40. The van der Waals surface area contributed by atoms with Crippen LogP contribution in [0.1, 0.15) is 71.6 Å². The average molecular weight is 370 g/mol. The number of ether oxygens (including phenoxy) is 4. The second kappa shape index (κ2) is 11.5. The smallest absolute Gasteiger partial charge is 0.305 e. The zero-order chi connectivity index (χ0) is 18.8. The van der Waals surface area contributed by atoms with E-state index in [2.05, 4.69) is 13.8 Å². The van der Waals surface area contributed by atoms with E-state index >= 15 is 0 Å². The molecule has 0 spiro atoms. The van der Waals surface area contributed by atoms with Crippen LogP contribution in [0.4, 0.5) is 0 Å². The van der Waals surface area contributed by atoms with Crippen LogP contribution in [0, 0.1) is 5.92 Å². The predicted octanol–water partition coefficient (Wildman–Crippen LogP) is 3.41. The van der Waals surface area contributed by atoms with E-state index in [0.717, 1.165) is 32.1 Å². The predicted molar refractivity (Wildman–Crippen MR) is 96.7 cm³/mol. The van der Waals surface area contributed by atoms with Gasteiger partial charge in [-0.2, -0.15) is 0 Å². The maximum Gasteiger partial charge on any atom is 0.305 e. The molecule has 2 aliphatic heterocycles. The summed E-state index contributed by atoms with van der Waals surface area (Å²) in [7, 11) is 0. The fourth-order valence-corrected chi connectivity index (χ4v) is 3.22. The Morgan fingerprint density at radius 3 is 2.35 bits per heavy atom. The molecule has 2 rings (SSSR count). The van der Waals surface area contributed by atoms with Gasteiger partial charge in [0.2, 0.25) is 0 Å². The molecule has 150 valence electrons.